The Morgan fingerprint density at radius 1 is 1.23 bits per heavy atom. The molecule has 1 heterocycles. The fraction of sp³-hybridized carbons (Fsp3) is 0.0556. The number of nitrogens with zero attached hydrogens (tertiary/aromatic N) is 3. The second kappa shape index (κ2) is 8.13. The number of non-ortho nitro benzene ring substituents is 1. The number of carbonyl (C=O) groups is 1. The molecule has 0 radical (unpaired) electrons. The van der Waals surface area contributed by atoms with Crippen LogP contribution in [0.15, 0.2) is 65.1 Å². The van der Waals surface area contributed by atoms with Crippen LogP contribution in [0.5, 0.6) is 0 Å². The molecule has 1 amide bonds. The van der Waals surface area contributed by atoms with Crippen LogP contribution >= 0.6 is 11.3 Å². The summed E-state index contributed by atoms with van der Waals surface area (Å²) in [6, 6.07) is 15.7. The summed E-state index contributed by atoms with van der Waals surface area (Å²) in [5, 5.41) is 17.2. The first-order valence-corrected chi connectivity index (χ1v) is 8.56. The fourth-order valence-electron chi connectivity index (χ4n) is 2.21. The summed E-state index contributed by atoms with van der Waals surface area (Å²) >= 11 is 1.41. The lowest BCUT2D eigenvalue weighted by Crippen LogP contribution is -2.19. The SMILES string of the molecule is O=C(Cc1nc(-c2ccccc2)cs1)N/N=C\c1cccc([N+](=O)[O-])c1. The van der Waals surface area contributed by atoms with Crippen LogP contribution in [0.1, 0.15) is 10.6 Å². The number of hydrazone groups is 1. The zero-order valence-electron chi connectivity index (χ0n) is 13.5. The third kappa shape index (κ3) is 4.58. The molecule has 0 saturated carbocycles. The molecular formula is C18H14N4O3S. The van der Waals surface area contributed by atoms with E-state index in [0.29, 0.717) is 10.6 Å². The molecule has 0 aliphatic carbocycles. The van der Waals surface area contributed by atoms with Gasteiger partial charge in [-0.2, -0.15) is 5.10 Å². The molecule has 7 nitrogen and oxygen atoms in total. The van der Waals surface area contributed by atoms with E-state index in [-0.39, 0.29) is 18.0 Å². The highest BCUT2D eigenvalue weighted by molar-refractivity contribution is 7.10. The standard InChI is InChI=1S/C18H14N4O3S/c23-17(21-19-11-13-5-4-8-15(9-13)22(24)25)10-18-20-16(12-26-18)14-6-2-1-3-7-14/h1-9,11-12H,10H2,(H,21,23)/b19-11-. The third-order valence-electron chi connectivity index (χ3n) is 3.42. The Bertz CT molecular complexity index is 954. The highest BCUT2D eigenvalue weighted by atomic mass is 32.1. The molecule has 8 heteroatoms. The van der Waals surface area contributed by atoms with Crippen molar-refractivity contribution in [2.24, 2.45) is 5.10 Å². The van der Waals surface area contributed by atoms with E-state index < -0.39 is 4.92 Å². The maximum atomic E-state index is 12.0. The van der Waals surface area contributed by atoms with Gasteiger partial charge in [0.15, 0.2) is 0 Å². The van der Waals surface area contributed by atoms with Crippen molar-refractivity contribution in [1.29, 1.82) is 0 Å². The number of hydrogen-bond acceptors (Lipinski definition) is 6. The molecule has 0 unspecified atom stereocenters. The van der Waals surface area contributed by atoms with Gasteiger partial charge in [-0.15, -0.1) is 11.3 Å². The first-order valence-electron chi connectivity index (χ1n) is 7.68. The topological polar surface area (TPSA) is 97.5 Å². The number of hydrogen-bond donors (Lipinski definition) is 1. The second-order valence-corrected chi connectivity index (χ2v) is 6.26. The Kier molecular flexibility index (Phi) is 5.45. The number of rotatable bonds is 6. The number of benzene rings is 2. The van der Waals surface area contributed by atoms with E-state index in [2.05, 4.69) is 15.5 Å². The van der Waals surface area contributed by atoms with Crippen LogP contribution in [0.2, 0.25) is 0 Å². The van der Waals surface area contributed by atoms with Crippen LogP contribution in [0.3, 0.4) is 0 Å². The minimum absolute atomic E-state index is 0.0310. The van der Waals surface area contributed by atoms with Crippen LogP contribution in [0.25, 0.3) is 11.3 Å². The molecule has 1 N–H and O–H groups in total. The zero-order chi connectivity index (χ0) is 18.4. The number of thiazole rings is 1. The molecule has 0 atom stereocenters. The lowest BCUT2D eigenvalue weighted by molar-refractivity contribution is -0.384. The Labute approximate surface area is 153 Å². The molecule has 3 aromatic rings. The minimum atomic E-state index is -0.483. The lowest BCUT2D eigenvalue weighted by Gasteiger charge is -1.98. The summed E-state index contributed by atoms with van der Waals surface area (Å²) in [5.41, 5.74) is 4.73. The molecule has 0 saturated heterocycles. The average Bonchev–Trinajstić information content (AvgIpc) is 3.11. The van der Waals surface area contributed by atoms with Crippen LogP contribution in [-0.4, -0.2) is 22.0 Å². The smallest absolute Gasteiger partial charge is 0.270 e. The van der Waals surface area contributed by atoms with E-state index in [9.17, 15) is 14.9 Å². The maximum Gasteiger partial charge on any atom is 0.270 e. The predicted octanol–water partition coefficient (Wildman–Crippen LogP) is 3.41. The molecule has 0 aliphatic heterocycles. The van der Waals surface area contributed by atoms with Gasteiger partial charge in [0.1, 0.15) is 5.01 Å². The highest BCUT2D eigenvalue weighted by Crippen LogP contribution is 2.21. The Hall–Kier alpha value is -3.39. The van der Waals surface area contributed by atoms with E-state index in [1.807, 2.05) is 35.7 Å². The van der Waals surface area contributed by atoms with E-state index >= 15 is 0 Å². The van der Waals surface area contributed by atoms with Crippen molar-refractivity contribution in [2.45, 2.75) is 6.42 Å². The molecule has 130 valence electrons. The Morgan fingerprint density at radius 3 is 2.81 bits per heavy atom. The summed E-state index contributed by atoms with van der Waals surface area (Å²) in [7, 11) is 0. The van der Waals surface area contributed by atoms with Crippen molar-refractivity contribution >= 4 is 29.1 Å². The van der Waals surface area contributed by atoms with Gasteiger partial charge < -0.3 is 0 Å². The average molecular weight is 366 g/mol. The number of amides is 1. The van der Waals surface area contributed by atoms with Crippen LogP contribution < -0.4 is 5.43 Å². The monoisotopic (exact) mass is 366 g/mol. The predicted molar refractivity (Wildman–Crippen MR) is 100 cm³/mol. The number of nitro groups is 1. The van der Waals surface area contributed by atoms with Crippen molar-refractivity contribution in [3.8, 4) is 11.3 Å². The van der Waals surface area contributed by atoms with E-state index in [0.717, 1.165) is 11.3 Å². The quantitative estimate of drug-likeness (QED) is 0.411. The molecule has 0 spiro atoms. The minimum Gasteiger partial charge on any atom is -0.273 e. The molecular weight excluding hydrogens is 352 g/mol. The first kappa shape index (κ1) is 17.4. The number of nitrogens with one attached hydrogen (secondary N) is 1. The van der Waals surface area contributed by atoms with Gasteiger partial charge in [0.25, 0.3) is 5.69 Å². The molecule has 2 aromatic carbocycles. The summed E-state index contributed by atoms with van der Waals surface area (Å²) in [5.74, 6) is -0.305. The van der Waals surface area contributed by atoms with Gasteiger partial charge in [-0.3, -0.25) is 14.9 Å². The molecule has 26 heavy (non-hydrogen) atoms. The van der Waals surface area contributed by atoms with Crippen LogP contribution in [0, 0.1) is 10.1 Å². The van der Waals surface area contributed by atoms with Gasteiger partial charge in [0.05, 0.1) is 23.3 Å². The zero-order valence-corrected chi connectivity index (χ0v) is 14.3. The van der Waals surface area contributed by atoms with Crippen molar-refractivity contribution < 1.29 is 9.72 Å². The van der Waals surface area contributed by atoms with Crippen LogP contribution in [-0.2, 0) is 11.2 Å². The van der Waals surface area contributed by atoms with Gasteiger partial charge in [-0.05, 0) is 0 Å². The van der Waals surface area contributed by atoms with Gasteiger partial charge in [0.2, 0.25) is 5.91 Å². The molecule has 1 aromatic heterocycles. The van der Waals surface area contributed by atoms with Gasteiger partial charge in [-0.1, -0.05) is 42.5 Å². The second-order valence-electron chi connectivity index (χ2n) is 5.31. The summed E-state index contributed by atoms with van der Waals surface area (Å²) in [6.07, 6.45) is 1.48. The number of nitro benzene ring substituents is 1. The Morgan fingerprint density at radius 2 is 2.04 bits per heavy atom. The number of carbonyl (C=O) groups excluding carboxylic acids is 1. The highest BCUT2D eigenvalue weighted by Gasteiger charge is 2.09. The normalized spacial score (nSPS) is 10.8. The summed E-state index contributed by atoms with van der Waals surface area (Å²) in [4.78, 5) is 26.7. The van der Waals surface area contributed by atoms with E-state index in [1.54, 1.807) is 12.1 Å². The number of aromatic nitrogens is 1. The maximum absolute atomic E-state index is 12.0. The van der Waals surface area contributed by atoms with Gasteiger partial charge >= 0.3 is 0 Å². The molecule has 0 aliphatic rings. The van der Waals surface area contributed by atoms with Crippen molar-refractivity contribution in [1.82, 2.24) is 10.4 Å². The molecule has 3 rings (SSSR count). The van der Waals surface area contributed by atoms with E-state index in [1.165, 1.54) is 29.7 Å². The van der Waals surface area contributed by atoms with Crippen molar-refractivity contribution in [2.75, 3.05) is 0 Å². The van der Waals surface area contributed by atoms with Crippen molar-refractivity contribution in [3.05, 3.63) is 80.7 Å². The summed E-state index contributed by atoms with van der Waals surface area (Å²) < 4.78 is 0. The largest absolute Gasteiger partial charge is 0.273 e. The molecule has 0 fully saturated rings. The summed E-state index contributed by atoms with van der Waals surface area (Å²) in [6.45, 7) is 0. The van der Waals surface area contributed by atoms with E-state index in [4.69, 9.17) is 0 Å². The molecule has 0 bridgehead atoms. The first-order chi connectivity index (χ1) is 12.6. The fourth-order valence-corrected chi connectivity index (χ4v) is 3.01. The van der Waals surface area contributed by atoms with Crippen LogP contribution in [0.4, 0.5) is 5.69 Å². The Balaban J connectivity index is 1.57. The van der Waals surface area contributed by atoms with Gasteiger partial charge in [0, 0.05) is 28.6 Å². The lowest BCUT2D eigenvalue weighted by atomic mass is 10.2. The van der Waals surface area contributed by atoms with Crippen molar-refractivity contribution in [3.63, 3.8) is 0 Å². The third-order valence-corrected chi connectivity index (χ3v) is 4.27. The van der Waals surface area contributed by atoms with Gasteiger partial charge in [-0.25, -0.2) is 10.4 Å².